The molecule has 162 valence electrons. The van der Waals surface area contributed by atoms with E-state index in [1.165, 1.54) is 18.5 Å². The molecule has 3 heterocycles. The summed E-state index contributed by atoms with van der Waals surface area (Å²) in [6, 6.07) is 10.6. The van der Waals surface area contributed by atoms with Crippen molar-refractivity contribution < 1.29 is 17.6 Å². The Balaban J connectivity index is 1.55. The maximum Gasteiger partial charge on any atom is 0.416 e. The van der Waals surface area contributed by atoms with Gasteiger partial charge in [0.05, 0.1) is 17.3 Å². The number of aromatic nitrogens is 3. The van der Waals surface area contributed by atoms with E-state index in [9.17, 15) is 13.2 Å². The molecular formula is C23H22F4N4. The van der Waals surface area contributed by atoms with Crippen LogP contribution in [0.25, 0.3) is 0 Å². The molecule has 31 heavy (non-hydrogen) atoms. The molecule has 8 heteroatoms. The molecule has 0 amide bonds. The topological polar surface area (TPSA) is 41.9 Å². The lowest BCUT2D eigenvalue weighted by molar-refractivity contribution is -0.137. The van der Waals surface area contributed by atoms with E-state index in [1.807, 2.05) is 30.0 Å². The van der Waals surface area contributed by atoms with Crippen molar-refractivity contribution in [3.63, 3.8) is 0 Å². The van der Waals surface area contributed by atoms with Crippen molar-refractivity contribution in [1.29, 1.82) is 0 Å². The summed E-state index contributed by atoms with van der Waals surface area (Å²) in [6.07, 6.45) is -0.573. The van der Waals surface area contributed by atoms with E-state index in [4.69, 9.17) is 0 Å². The fourth-order valence-electron chi connectivity index (χ4n) is 4.02. The van der Waals surface area contributed by atoms with Crippen molar-refractivity contribution in [2.45, 2.75) is 44.8 Å². The summed E-state index contributed by atoms with van der Waals surface area (Å²) >= 11 is 0. The van der Waals surface area contributed by atoms with Crippen molar-refractivity contribution in [2.24, 2.45) is 0 Å². The molecule has 0 bridgehead atoms. The van der Waals surface area contributed by atoms with Gasteiger partial charge in [-0.25, -0.2) is 14.4 Å². The summed E-state index contributed by atoms with van der Waals surface area (Å²) in [5.41, 5.74) is 2.10. The highest BCUT2D eigenvalue weighted by Gasteiger charge is 2.33. The first-order valence-electron chi connectivity index (χ1n) is 10.2. The quantitative estimate of drug-likeness (QED) is 0.504. The molecule has 0 saturated carbocycles. The van der Waals surface area contributed by atoms with Crippen LogP contribution in [0.2, 0.25) is 0 Å². The van der Waals surface area contributed by atoms with Gasteiger partial charge in [-0.3, -0.25) is 4.98 Å². The second kappa shape index (κ2) is 8.61. The molecule has 1 saturated heterocycles. The Morgan fingerprint density at radius 2 is 1.81 bits per heavy atom. The lowest BCUT2D eigenvalue weighted by Gasteiger charge is -2.27. The molecule has 3 aromatic rings. The largest absolute Gasteiger partial charge is 0.416 e. The molecule has 1 fully saturated rings. The van der Waals surface area contributed by atoms with E-state index in [1.54, 1.807) is 0 Å². The Hall–Kier alpha value is -3.03. The minimum absolute atomic E-state index is 0.199. The molecule has 0 radical (unpaired) electrons. The van der Waals surface area contributed by atoms with Crippen LogP contribution in [0.15, 0.2) is 48.8 Å². The third-order valence-electron chi connectivity index (χ3n) is 5.55. The number of hydrogen-bond donors (Lipinski definition) is 0. The summed E-state index contributed by atoms with van der Waals surface area (Å²) in [4.78, 5) is 14.6. The van der Waals surface area contributed by atoms with E-state index < -0.39 is 17.6 Å². The number of aryl methyl sites for hydroxylation is 3. The average molecular weight is 430 g/mol. The second-order valence-electron chi connectivity index (χ2n) is 7.70. The van der Waals surface area contributed by atoms with E-state index in [2.05, 4.69) is 15.0 Å². The summed E-state index contributed by atoms with van der Waals surface area (Å²) in [6.45, 7) is 2.49. The molecule has 0 aliphatic carbocycles. The van der Waals surface area contributed by atoms with Crippen molar-refractivity contribution in [3.8, 4) is 0 Å². The van der Waals surface area contributed by atoms with Crippen LogP contribution in [0.4, 0.5) is 23.4 Å². The van der Waals surface area contributed by atoms with Gasteiger partial charge in [0.2, 0.25) is 0 Å². The first-order chi connectivity index (χ1) is 14.8. The fraction of sp³-hybridized carbons (Fsp3) is 0.348. The maximum atomic E-state index is 15.3. The number of halogens is 4. The maximum absolute atomic E-state index is 15.3. The van der Waals surface area contributed by atoms with Gasteiger partial charge in [-0.2, -0.15) is 13.2 Å². The zero-order valence-corrected chi connectivity index (χ0v) is 17.0. The summed E-state index contributed by atoms with van der Waals surface area (Å²) in [7, 11) is 0. The fourth-order valence-corrected chi connectivity index (χ4v) is 4.02. The van der Waals surface area contributed by atoms with E-state index in [0.29, 0.717) is 30.6 Å². The number of rotatable bonds is 5. The standard InChI is InChI=1S/C23H22F4N4/c1-15-4-2-5-18(30-15)11-12-19-21(24)22(29-14-28-19)31-13-3-6-20(31)16-7-9-17(10-8-16)23(25,26)27/h2,4-5,7-10,14,20H,3,6,11-13H2,1H3. The number of anilines is 1. The van der Waals surface area contributed by atoms with Crippen molar-refractivity contribution >= 4 is 5.82 Å². The molecule has 4 nitrogen and oxygen atoms in total. The summed E-state index contributed by atoms with van der Waals surface area (Å²) in [5, 5.41) is 0. The third kappa shape index (κ3) is 4.68. The molecule has 1 unspecified atom stereocenters. The van der Waals surface area contributed by atoms with E-state index >= 15 is 4.39 Å². The minimum atomic E-state index is -4.38. The predicted molar refractivity (Wildman–Crippen MR) is 109 cm³/mol. The molecule has 1 aliphatic heterocycles. The zero-order chi connectivity index (χ0) is 22.0. The van der Waals surface area contributed by atoms with Gasteiger partial charge in [0.15, 0.2) is 11.6 Å². The van der Waals surface area contributed by atoms with Gasteiger partial charge in [0, 0.05) is 17.9 Å². The molecular weight excluding hydrogens is 408 g/mol. The van der Waals surface area contributed by atoms with Gasteiger partial charge < -0.3 is 4.90 Å². The minimum Gasteiger partial charge on any atom is -0.347 e. The Morgan fingerprint density at radius 3 is 2.52 bits per heavy atom. The number of nitrogens with zero attached hydrogens (tertiary/aromatic N) is 4. The molecule has 1 atom stereocenters. The second-order valence-corrected chi connectivity index (χ2v) is 7.70. The Kier molecular flexibility index (Phi) is 5.89. The van der Waals surface area contributed by atoms with Gasteiger partial charge in [-0.05, 0) is 62.4 Å². The van der Waals surface area contributed by atoms with Gasteiger partial charge in [0.25, 0.3) is 0 Å². The summed E-state index contributed by atoms with van der Waals surface area (Å²) < 4.78 is 53.9. The van der Waals surface area contributed by atoms with Crippen molar-refractivity contribution in [3.05, 3.63) is 82.8 Å². The number of pyridine rings is 1. The van der Waals surface area contributed by atoms with Crippen LogP contribution in [-0.2, 0) is 19.0 Å². The molecule has 1 aliphatic rings. The van der Waals surface area contributed by atoms with Crippen LogP contribution in [-0.4, -0.2) is 21.5 Å². The van der Waals surface area contributed by atoms with Crippen LogP contribution in [0.1, 0.15) is 47.1 Å². The first-order valence-corrected chi connectivity index (χ1v) is 10.2. The van der Waals surface area contributed by atoms with Crippen molar-refractivity contribution in [2.75, 3.05) is 11.4 Å². The highest BCUT2D eigenvalue weighted by Crippen LogP contribution is 2.38. The first kappa shape index (κ1) is 21.2. The molecule has 2 aromatic heterocycles. The number of alkyl halides is 3. The van der Waals surface area contributed by atoms with Gasteiger partial charge in [0.1, 0.15) is 6.33 Å². The van der Waals surface area contributed by atoms with Crippen molar-refractivity contribution in [1.82, 2.24) is 15.0 Å². The van der Waals surface area contributed by atoms with Crippen LogP contribution in [0, 0.1) is 12.7 Å². The highest BCUT2D eigenvalue weighted by atomic mass is 19.4. The van der Waals surface area contributed by atoms with Gasteiger partial charge >= 0.3 is 6.18 Å². The summed E-state index contributed by atoms with van der Waals surface area (Å²) in [5.74, 6) is -0.279. The van der Waals surface area contributed by atoms with Crippen LogP contribution >= 0.6 is 0 Å². The highest BCUT2D eigenvalue weighted by molar-refractivity contribution is 5.46. The molecule has 0 spiro atoms. The van der Waals surface area contributed by atoms with Crippen LogP contribution in [0.5, 0.6) is 0 Å². The zero-order valence-electron chi connectivity index (χ0n) is 17.0. The molecule has 0 N–H and O–H groups in total. The smallest absolute Gasteiger partial charge is 0.347 e. The lowest BCUT2D eigenvalue weighted by atomic mass is 10.0. The lowest BCUT2D eigenvalue weighted by Crippen LogP contribution is -2.25. The monoisotopic (exact) mass is 430 g/mol. The Bertz CT molecular complexity index is 1050. The van der Waals surface area contributed by atoms with E-state index in [0.717, 1.165) is 36.4 Å². The van der Waals surface area contributed by atoms with E-state index in [-0.39, 0.29) is 11.9 Å². The predicted octanol–water partition coefficient (Wildman–Crippen LogP) is 5.46. The van der Waals surface area contributed by atoms with Gasteiger partial charge in [-0.1, -0.05) is 18.2 Å². The Morgan fingerprint density at radius 1 is 1.03 bits per heavy atom. The average Bonchev–Trinajstić information content (AvgIpc) is 3.22. The number of benzene rings is 1. The van der Waals surface area contributed by atoms with Gasteiger partial charge in [-0.15, -0.1) is 0 Å². The molecule has 1 aromatic carbocycles. The SMILES string of the molecule is Cc1cccc(CCc2ncnc(N3CCCC3c3ccc(C(F)(F)F)cc3)c2F)n1. The molecule has 4 rings (SSSR count). The number of hydrogen-bond acceptors (Lipinski definition) is 4. The third-order valence-corrected chi connectivity index (χ3v) is 5.55. The Labute approximate surface area is 178 Å². The normalized spacial score (nSPS) is 16.7. The van der Waals surface area contributed by atoms with Crippen LogP contribution in [0.3, 0.4) is 0 Å². The van der Waals surface area contributed by atoms with Crippen LogP contribution < -0.4 is 4.90 Å².